The first kappa shape index (κ1) is 24.0. The highest BCUT2D eigenvalue weighted by molar-refractivity contribution is 7.89. The zero-order valence-electron chi connectivity index (χ0n) is 19.7. The fourth-order valence-corrected chi connectivity index (χ4v) is 5.85. The van der Waals surface area contributed by atoms with Gasteiger partial charge in [-0.15, -0.1) is 0 Å². The molecule has 2 aromatic carbocycles. The molecule has 180 valence electrons. The van der Waals surface area contributed by atoms with Crippen LogP contribution in [0.4, 0.5) is 5.69 Å². The molecule has 1 saturated heterocycles. The lowest BCUT2D eigenvalue weighted by molar-refractivity contribution is 0.382. The maximum absolute atomic E-state index is 13.5. The van der Waals surface area contributed by atoms with Gasteiger partial charge in [0.1, 0.15) is 5.69 Å². The predicted octanol–water partition coefficient (Wildman–Crippen LogP) is 2.47. The van der Waals surface area contributed by atoms with Gasteiger partial charge in [-0.25, -0.2) is 13.2 Å². The van der Waals surface area contributed by atoms with E-state index in [1.54, 1.807) is 41.8 Å². The van der Waals surface area contributed by atoms with Crippen LogP contribution in [0.3, 0.4) is 0 Å². The summed E-state index contributed by atoms with van der Waals surface area (Å²) in [6.07, 6.45) is 0. The van der Waals surface area contributed by atoms with E-state index < -0.39 is 10.0 Å². The molecule has 1 aliphatic rings. The Morgan fingerprint density at radius 2 is 1.41 bits per heavy atom. The standard InChI is InChI=1S/C25H30N4O4S/c1-19(2)18-28-24(30)23(20(3)29(25(28)31)21-10-6-4-7-11-21)26-14-16-27(17-15-26)34(32,33)22-12-8-5-9-13-22/h4-13,19H,14-18H2,1-3H3. The van der Waals surface area contributed by atoms with Crippen molar-refractivity contribution in [2.75, 3.05) is 31.1 Å². The van der Waals surface area contributed by atoms with Gasteiger partial charge in [0.05, 0.1) is 16.3 Å². The van der Waals surface area contributed by atoms with E-state index in [1.165, 1.54) is 8.87 Å². The summed E-state index contributed by atoms with van der Waals surface area (Å²) in [7, 11) is -3.60. The molecule has 0 bridgehead atoms. The van der Waals surface area contributed by atoms with Crippen molar-refractivity contribution in [1.82, 2.24) is 13.4 Å². The van der Waals surface area contributed by atoms with Gasteiger partial charge in [0.25, 0.3) is 5.56 Å². The minimum Gasteiger partial charge on any atom is -0.363 e. The first-order chi connectivity index (χ1) is 16.2. The molecule has 4 rings (SSSR count). The highest BCUT2D eigenvalue weighted by atomic mass is 32.2. The lowest BCUT2D eigenvalue weighted by Crippen LogP contribution is -2.52. The van der Waals surface area contributed by atoms with Crippen LogP contribution < -0.4 is 16.1 Å². The largest absolute Gasteiger partial charge is 0.363 e. The molecule has 3 aromatic rings. The number of sulfonamides is 1. The average Bonchev–Trinajstić information content (AvgIpc) is 2.83. The van der Waals surface area contributed by atoms with Crippen LogP contribution in [-0.2, 0) is 16.6 Å². The van der Waals surface area contributed by atoms with E-state index in [2.05, 4.69) is 0 Å². The smallest absolute Gasteiger partial charge is 0.335 e. The quantitative estimate of drug-likeness (QED) is 0.539. The summed E-state index contributed by atoms with van der Waals surface area (Å²) in [6, 6.07) is 17.6. The molecule has 0 atom stereocenters. The molecule has 0 N–H and O–H groups in total. The van der Waals surface area contributed by atoms with Gasteiger partial charge in [0.2, 0.25) is 10.0 Å². The Morgan fingerprint density at radius 3 is 1.97 bits per heavy atom. The van der Waals surface area contributed by atoms with E-state index in [-0.39, 0.29) is 35.2 Å². The molecule has 0 amide bonds. The topological polar surface area (TPSA) is 84.6 Å². The summed E-state index contributed by atoms with van der Waals surface area (Å²) in [5, 5.41) is 0. The number of nitrogens with zero attached hydrogens (tertiary/aromatic N) is 4. The van der Waals surface area contributed by atoms with Crippen molar-refractivity contribution in [2.45, 2.75) is 32.2 Å². The molecule has 34 heavy (non-hydrogen) atoms. The Hall–Kier alpha value is -3.17. The number of benzene rings is 2. The minimum atomic E-state index is -3.60. The van der Waals surface area contributed by atoms with Crippen LogP contribution in [0.2, 0.25) is 0 Å². The second-order valence-electron chi connectivity index (χ2n) is 8.90. The summed E-state index contributed by atoms with van der Waals surface area (Å²) in [6.45, 7) is 7.23. The monoisotopic (exact) mass is 482 g/mol. The minimum absolute atomic E-state index is 0.109. The van der Waals surface area contributed by atoms with E-state index >= 15 is 0 Å². The molecule has 0 aliphatic carbocycles. The number of hydrogen-bond donors (Lipinski definition) is 0. The Labute approximate surface area is 199 Å². The van der Waals surface area contributed by atoms with Crippen molar-refractivity contribution >= 4 is 15.7 Å². The van der Waals surface area contributed by atoms with Gasteiger partial charge in [-0.3, -0.25) is 13.9 Å². The summed E-state index contributed by atoms with van der Waals surface area (Å²) >= 11 is 0. The van der Waals surface area contributed by atoms with Crippen LogP contribution in [0.1, 0.15) is 19.5 Å². The maximum Gasteiger partial charge on any atom is 0.335 e. The van der Waals surface area contributed by atoms with Gasteiger partial charge >= 0.3 is 5.69 Å². The molecule has 1 aromatic heterocycles. The van der Waals surface area contributed by atoms with Crippen LogP contribution in [-0.4, -0.2) is 48.0 Å². The predicted molar refractivity (Wildman–Crippen MR) is 133 cm³/mol. The number of anilines is 1. The average molecular weight is 483 g/mol. The summed E-state index contributed by atoms with van der Waals surface area (Å²) in [4.78, 5) is 29.0. The highest BCUT2D eigenvalue weighted by Gasteiger charge is 2.31. The second kappa shape index (κ2) is 9.60. The maximum atomic E-state index is 13.5. The van der Waals surface area contributed by atoms with Gasteiger partial charge in [-0.05, 0) is 37.1 Å². The van der Waals surface area contributed by atoms with Crippen molar-refractivity contribution in [3.05, 3.63) is 87.2 Å². The molecule has 2 heterocycles. The van der Waals surface area contributed by atoms with Gasteiger partial charge in [0, 0.05) is 32.7 Å². The van der Waals surface area contributed by atoms with Crippen molar-refractivity contribution in [3.63, 3.8) is 0 Å². The van der Waals surface area contributed by atoms with E-state index in [9.17, 15) is 18.0 Å². The molecule has 0 spiro atoms. The Kier molecular flexibility index (Phi) is 6.77. The lowest BCUT2D eigenvalue weighted by Gasteiger charge is -2.36. The van der Waals surface area contributed by atoms with Crippen LogP contribution in [0.15, 0.2) is 75.1 Å². The van der Waals surface area contributed by atoms with Gasteiger partial charge in [0.15, 0.2) is 0 Å². The van der Waals surface area contributed by atoms with Gasteiger partial charge < -0.3 is 4.90 Å². The fourth-order valence-electron chi connectivity index (χ4n) is 4.40. The third kappa shape index (κ3) is 4.45. The van der Waals surface area contributed by atoms with Crippen molar-refractivity contribution in [1.29, 1.82) is 0 Å². The van der Waals surface area contributed by atoms with Crippen LogP contribution in [0.5, 0.6) is 0 Å². The van der Waals surface area contributed by atoms with Gasteiger partial charge in [-0.2, -0.15) is 4.31 Å². The van der Waals surface area contributed by atoms with Crippen molar-refractivity contribution in [3.8, 4) is 5.69 Å². The SMILES string of the molecule is Cc1c(N2CCN(S(=O)(=O)c3ccccc3)CC2)c(=O)n(CC(C)C)c(=O)n1-c1ccccc1. The molecule has 1 aliphatic heterocycles. The number of rotatable bonds is 6. The second-order valence-corrected chi connectivity index (χ2v) is 10.8. The molecular weight excluding hydrogens is 452 g/mol. The van der Waals surface area contributed by atoms with E-state index in [4.69, 9.17) is 0 Å². The number of aromatic nitrogens is 2. The summed E-state index contributed by atoms with van der Waals surface area (Å²) in [5.41, 5.74) is 0.995. The number of piperazine rings is 1. The van der Waals surface area contributed by atoms with Crippen molar-refractivity contribution in [2.24, 2.45) is 5.92 Å². The molecule has 9 heteroatoms. The molecular formula is C25H30N4O4S. The highest BCUT2D eigenvalue weighted by Crippen LogP contribution is 2.22. The summed E-state index contributed by atoms with van der Waals surface area (Å²) < 4.78 is 30.4. The molecule has 1 fully saturated rings. The third-order valence-corrected chi connectivity index (χ3v) is 7.96. The molecule has 0 radical (unpaired) electrons. The third-order valence-electron chi connectivity index (χ3n) is 6.05. The molecule has 0 unspecified atom stereocenters. The van der Waals surface area contributed by atoms with Crippen molar-refractivity contribution < 1.29 is 8.42 Å². The summed E-state index contributed by atoms with van der Waals surface area (Å²) in [5.74, 6) is 0.109. The zero-order valence-corrected chi connectivity index (χ0v) is 20.5. The molecule has 0 saturated carbocycles. The number of para-hydroxylation sites is 1. The lowest BCUT2D eigenvalue weighted by atomic mass is 10.2. The van der Waals surface area contributed by atoms with E-state index in [0.29, 0.717) is 36.7 Å². The fraction of sp³-hybridized carbons (Fsp3) is 0.360. The van der Waals surface area contributed by atoms with Crippen LogP contribution >= 0.6 is 0 Å². The molecule has 8 nitrogen and oxygen atoms in total. The first-order valence-corrected chi connectivity index (χ1v) is 12.9. The number of hydrogen-bond acceptors (Lipinski definition) is 5. The van der Waals surface area contributed by atoms with E-state index in [1.807, 2.05) is 49.1 Å². The van der Waals surface area contributed by atoms with Crippen LogP contribution in [0, 0.1) is 12.8 Å². The van der Waals surface area contributed by atoms with Gasteiger partial charge in [-0.1, -0.05) is 50.2 Å². The Bertz CT molecular complexity index is 1370. The first-order valence-electron chi connectivity index (χ1n) is 11.4. The normalized spacial score (nSPS) is 15.1. The Morgan fingerprint density at radius 1 is 0.853 bits per heavy atom. The zero-order chi connectivity index (χ0) is 24.5. The van der Waals surface area contributed by atoms with E-state index in [0.717, 1.165) is 0 Å². The Balaban J connectivity index is 1.73. The van der Waals surface area contributed by atoms with Crippen LogP contribution in [0.25, 0.3) is 5.69 Å².